The van der Waals surface area contributed by atoms with Crippen molar-refractivity contribution in [2.75, 3.05) is 0 Å². The van der Waals surface area contributed by atoms with Crippen LogP contribution in [-0.2, 0) is 0 Å². The second-order valence-electron chi connectivity index (χ2n) is 5.28. The van der Waals surface area contributed by atoms with Gasteiger partial charge in [0.15, 0.2) is 5.75 Å². The predicted molar refractivity (Wildman–Crippen MR) is 92.3 cm³/mol. The summed E-state index contributed by atoms with van der Waals surface area (Å²) in [6.45, 7) is 0. The molecule has 3 aromatic carbocycles. The highest BCUT2D eigenvalue weighted by molar-refractivity contribution is 6.09. The molecular weight excluding hydrogens is 304 g/mol. The van der Waals surface area contributed by atoms with Crippen molar-refractivity contribution in [1.29, 1.82) is 0 Å². The Morgan fingerprint density at radius 1 is 0.833 bits per heavy atom. The first-order valence-electron chi connectivity index (χ1n) is 7.38. The smallest absolute Gasteiger partial charge is 0.368 e. The minimum absolute atomic E-state index is 0.206. The highest BCUT2D eigenvalue weighted by Gasteiger charge is 2.16. The Kier molecular flexibility index (Phi) is 3.31. The Balaban J connectivity index is 1.98. The lowest BCUT2D eigenvalue weighted by atomic mass is 10.0. The third-order valence-electron chi connectivity index (χ3n) is 3.77. The molecule has 0 unspecified atom stereocenters. The summed E-state index contributed by atoms with van der Waals surface area (Å²) in [5.74, 6) is -0.224. The van der Waals surface area contributed by atoms with Crippen LogP contribution in [0.15, 0.2) is 86.2 Å². The second-order valence-corrected chi connectivity index (χ2v) is 5.28. The van der Waals surface area contributed by atoms with Crippen LogP contribution in [0.5, 0.6) is 5.75 Å². The zero-order valence-electron chi connectivity index (χ0n) is 12.5. The number of hydrogen-bond acceptors (Lipinski definition) is 5. The molecule has 0 amide bonds. The van der Waals surface area contributed by atoms with Crippen LogP contribution < -0.4 is 5.63 Å². The van der Waals surface area contributed by atoms with Gasteiger partial charge in [-0.05, 0) is 29.0 Å². The quantitative estimate of drug-likeness (QED) is 0.319. The van der Waals surface area contributed by atoms with Gasteiger partial charge >= 0.3 is 5.63 Å². The van der Waals surface area contributed by atoms with Gasteiger partial charge in [-0.3, -0.25) is 0 Å². The molecule has 116 valence electrons. The van der Waals surface area contributed by atoms with Crippen LogP contribution in [0.25, 0.3) is 21.7 Å². The van der Waals surface area contributed by atoms with Gasteiger partial charge in [-0.25, -0.2) is 4.79 Å². The second kappa shape index (κ2) is 5.62. The summed E-state index contributed by atoms with van der Waals surface area (Å²) in [4.78, 5) is 12.1. The number of nitrogens with zero attached hydrogens (tertiary/aromatic N) is 2. The van der Waals surface area contributed by atoms with E-state index in [1.165, 1.54) is 0 Å². The van der Waals surface area contributed by atoms with Crippen molar-refractivity contribution in [2.45, 2.75) is 0 Å². The van der Waals surface area contributed by atoms with Crippen molar-refractivity contribution in [3.8, 4) is 5.75 Å². The fourth-order valence-electron chi connectivity index (χ4n) is 2.63. The van der Waals surface area contributed by atoms with E-state index in [9.17, 15) is 9.90 Å². The zero-order chi connectivity index (χ0) is 16.5. The van der Waals surface area contributed by atoms with Crippen molar-refractivity contribution in [3.05, 3.63) is 77.2 Å². The molecule has 0 aliphatic carbocycles. The number of azo groups is 1. The molecular formula is C19H12N2O3. The topological polar surface area (TPSA) is 75.2 Å². The van der Waals surface area contributed by atoms with Gasteiger partial charge in [-0.2, -0.15) is 5.11 Å². The van der Waals surface area contributed by atoms with E-state index in [1.807, 2.05) is 48.5 Å². The largest absolute Gasteiger partial charge is 0.505 e. The van der Waals surface area contributed by atoms with Gasteiger partial charge in [-0.1, -0.05) is 48.5 Å². The van der Waals surface area contributed by atoms with Gasteiger partial charge in [0.25, 0.3) is 0 Å². The van der Waals surface area contributed by atoms with E-state index in [4.69, 9.17) is 4.42 Å². The van der Waals surface area contributed by atoms with Crippen LogP contribution in [0.4, 0.5) is 11.4 Å². The standard InChI is InChI=1S/C19H12N2O3/c22-18-16-14-9-5-4-6-12(14)10-11-15(16)24-19(23)17(18)21-20-13-7-2-1-3-8-13/h1-11,22H. The van der Waals surface area contributed by atoms with Crippen LogP contribution in [0.3, 0.4) is 0 Å². The maximum atomic E-state index is 12.1. The molecule has 0 saturated heterocycles. The van der Waals surface area contributed by atoms with E-state index in [2.05, 4.69) is 10.2 Å². The maximum absolute atomic E-state index is 12.1. The molecule has 4 rings (SSSR count). The lowest BCUT2D eigenvalue weighted by Gasteiger charge is -2.06. The summed E-state index contributed by atoms with van der Waals surface area (Å²) in [6, 6.07) is 20.0. The van der Waals surface area contributed by atoms with Gasteiger partial charge in [-0.15, -0.1) is 5.11 Å². The molecule has 1 N–H and O–H groups in total. The van der Waals surface area contributed by atoms with Crippen LogP contribution in [0, 0.1) is 0 Å². The minimum Gasteiger partial charge on any atom is -0.505 e. The third kappa shape index (κ3) is 2.32. The Morgan fingerprint density at radius 3 is 2.42 bits per heavy atom. The molecule has 24 heavy (non-hydrogen) atoms. The maximum Gasteiger partial charge on any atom is 0.368 e. The summed E-state index contributed by atoms with van der Waals surface area (Å²) in [7, 11) is 0. The van der Waals surface area contributed by atoms with Crippen molar-refractivity contribution in [3.63, 3.8) is 0 Å². The Labute approximate surface area is 136 Å². The summed E-state index contributed by atoms with van der Waals surface area (Å²) >= 11 is 0. The molecule has 0 radical (unpaired) electrons. The van der Waals surface area contributed by atoms with E-state index >= 15 is 0 Å². The van der Waals surface area contributed by atoms with Crippen LogP contribution in [-0.4, -0.2) is 5.11 Å². The highest BCUT2D eigenvalue weighted by atomic mass is 16.4. The molecule has 1 heterocycles. The summed E-state index contributed by atoms with van der Waals surface area (Å²) in [6.07, 6.45) is 0. The molecule has 1 aromatic heterocycles. The Morgan fingerprint density at radius 2 is 1.58 bits per heavy atom. The molecule has 0 fully saturated rings. The van der Waals surface area contributed by atoms with Gasteiger partial charge < -0.3 is 9.52 Å². The number of benzene rings is 3. The Bertz CT molecular complexity index is 1130. The fourth-order valence-corrected chi connectivity index (χ4v) is 2.63. The van der Waals surface area contributed by atoms with E-state index in [0.717, 1.165) is 10.8 Å². The lowest BCUT2D eigenvalue weighted by molar-refractivity contribution is 0.470. The predicted octanol–water partition coefficient (Wildman–Crippen LogP) is 5.07. The monoisotopic (exact) mass is 316 g/mol. The molecule has 4 aromatic rings. The number of fused-ring (bicyclic) bond motifs is 3. The number of rotatable bonds is 2. The zero-order valence-corrected chi connectivity index (χ0v) is 12.5. The summed E-state index contributed by atoms with van der Waals surface area (Å²) in [5.41, 5.74) is -0.0400. The van der Waals surface area contributed by atoms with E-state index < -0.39 is 5.63 Å². The molecule has 0 aliphatic heterocycles. The first-order chi connectivity index (χ1) is 11.7. The molecule has 0 bridgehead atoms. The lowest BCUT2D eigenvalue weighted by Crippen LogP contribution is -1.98. The van der Waals surface area contributed by atoms with Gasteiger partial charge in [0.05, 0.1) is 11.1 Å². The highest BCUT2D eigenvalue weighted by Crippen LogP contribution is 2.37. The van der Waals surface area contributed by atoms with E-state index in [1.54, 1.807) is 18.2 Å². The van der Waals surface area contributed by atoms with Crippen molar-refractivity contribution < 1.29 is 9.52 Å². The van der Waals surface area contributed by atoms with Crippen LogP contribution in [0.2, 0.25) is 0 Å². The van der Waals surface area contributed by atoms with Crippen molar-refractivity contribution >= 4 is 33.1 Å². The van der Waals surface area contributed by atoms with Gasteiger partial charge in [0.1, 0.15) is 5.58 Å². The van der Waals surface area contributed by atoms with Crippen LogP contribution >= 0.6 is 0 Å². The summed E-state index contributed by atoms with van der Waals surface area (Å²) in [5, 5.41) is 20.7. The molecule has 0 saturated carbocycles. The van der Waals surface area contributed by atoms with Gasteiger partial charge in [0, 0.05) is 0 Å². The summed E-state index contributed by atoms with van der Waals surface area (Å²) < 4.78 is 5.30. The molecule has 0 spiro atoms. The van der Waals surface area contributed by atoms with Crippen molar-refractivity contribution in [1.82, 2.24) is 0 Å². The van der Waals surface area contributed by atoms with E-state index in [0.29, 0.717) is 16.7 Å². The normalized spacial score (nSPS) is 11.5. The first kappa shape index (κ1) is 14.1. The fraction of sp³-hybridized carbons (Fsp3) is 0. The molecule has 0 aliphatic rings. The van der Waals surface area contributed by atoms with Crippen LogP contribution in [0.1, 0.15) is 0 Å². The van der Waals surface area contributed by atoms with E-state index in [-0.39, 0.29) is 11.4 Å². The van der Waals surface area contributed by atoms with Crippen molar-refractivity contribution in [2.24, 2.45) is 10.2 Å². The minimum atomic E-state index is -0.727. The molecule has 5 nitrogen and oxygen atoms in total. The SMILES string of the molecule is O=c1oc2ccc3ccccc3c2c(O)c1N=Nc1ccccc1. The average molecular weight is 316 g/mol. The molecule has 0 atom stereocenters. The van der Waals surface area contributed by atoms with Gasteiger partial charge in [0.2, 0.25) is 5.69 Å². The molecule has 5 heteroatoms. The first-order valence-corrected chi connectivity index (χ1v) is 7.38. The Hall–Kier alpha value is -3.47. The third-order valence-corrected chi connectivity index (χ3v) is 3.77. The average Bonchev–Trinajstić information content (AvgIpc) is 2.62. The number of hydrogen-bond donors (Lipinski definition) is 1. The number of aromatic hydroxyl groups is 1.